The van der Waals surface area contributed by atoms with Crippen LogP contribution in [0.1, 0.15) is 28.8 Å². The third-order valence-corrected chi connectivity index (χ3v) is 5.45. The molecule has 23 heavy (non-hydrogen) atoms. The summed E-state index contributed by atoms with van der Waals surface area (Å²) in [7, 11) is 1.94. The lowest BCUT2D eigenvalue weighted by molar-refractivity contribution is 0.0933. The number of hydrogen-bond donors (Lipinski definition) is 1. The van der Waals surface area contributed by atoms with Crippen LogP contribution in [0, 0.1) is 6.92 Å². The number of amides is 1. The summed E-state index contributed by atoms with van der Waals surface area (Å²) in [5, 5.41) is 3.71. The molecule has 0 saturated heterocycles. The van der Waals surface area contributed by atoms with Gasteiger partial charge in [-0.25, -0.2) is 0 Å². The molecule has 1 fully saturated rings. The first kappa shape index (κ1) is 16.4. The summed E-state index contributed by atoms with van der Waals surface area (Å²) in [5.74, 6) is -0.103. The van der Waals surface area contributed by atoms with Crippen LogP contribution in [0.25, 0.3) is 10.9 Å². The Hall–Kier alpha value is -1.45. The SMILES string of the molecule is C=C1CC(Cl)C(NC(=O)c2cn(C)c3ccc(C)cc23)CC1Cl. The molecule has 1 aromatic heterocycles. The first-order valence-corrected chi connectivity index (χ1v) is 8.56. The van der Waals surface area contributed by atoms with Gasteiger partial charge in [0.25, 0.3) is 5.91 Å². The predicted octanol–water partition coefficient (Wildman–Crippen LogP) is 4.15. The van der Waals surface area contributed by atoms with Crippen LogP contribution in [-0.4, -0.2) is 27.3 Å². The first-order valence-electron chi connectivity index (χ1n) is 7.69. The van der Waals surface area contributed by atoms with E-state index in [0.717, 1.165) is 22.0 Å². The van der Waals surface area contributed by atoms with Crippen LogP contribution in [0.15, 0.2) is 36.5 Å². The molecule has 1 aliphatic carbocycles. The highest BCUT2D eigenvalue weighted by molar-refractivity contribution is 6.24. The van der Waals surface area contributed by atoms with Crippen molar-refractivity contribution in [1.29, 1.82) is 0 Å². The van der Waals surface area contributed by atoms with E-state index in [-0.39, 0.29) is 22.7 Å². The van der Waals surface area contributed by atoms with E-state index >= 15 is 0 Å². The van der Waals surface area contributed by atoms with Gasteiger partial charge in [-0.1, -0.05) is 23.8 Å². The number of benzene rings is 1. The number of nitrogens with one attached hydrogen (secondary N) is 1. The molecule has 0 radical (unpaired) electrons. The maximum absolute atomic E-state index is 12.7. The zero-order valence-corrected chi connectivity index (χ0v) is 14.8. The summed E-state index contributed by atoms with van der Waals surface area (Å²) < 4.78 is 1.97. The molecular formula is C18H20Cl2N2O. The van der Waals surface area contributed by atoms with Gasteiger partial charge in [0.05, 0.1) is 16.3 Å². The molecule has 1 saturated carbocycles. The van der Waals surface area contributed by atoms with Gasteiger partial charge in [-0.3, -0.25) is 4.79 Å². The topological polar surface area (TPSA) is 34.0 Å². The number of allylic oxidation sites excluding steroid dienone is 1. The van der Waals surface area contributed by atoms with E-state index in [1.807, 2.05) is 42.9 Å². The Morgan fingerprint density at radius 3 is 2.87 bits per heavy atom. The van der Waals surface area contributed by atoms with Crippen molar-refractivity contribution in [3.63, 3.8) is 0 Å². The summed E-state index contributed by atoms with van der Waals surface area (Å²) in [6, 6.07) is 5.97. The van der Waals surface area contributed by atoms with Crippen LogP contribution >= 0.6 is 23.2 Å². The van der Waals surface area contributed by atoms with Crippen molar-refractivity contribution in [2.75, 3.05) is 0 Å². The lowest BCUT2D eigenvalue weighted by atomic mass is 9.90. The Morgan fingerprint density at radius 2 is 2.13 bits per heavy atom. The molecule has 0 spiro atoms. The number of rotatable bonds is 2. The van der Waals surface area contributed by atoms with E-state index < -0.39 is 0 Å². The van der Waals surface area contributed by atoms with E-state index in [2.05, 4.69) is 11.9 Å². The maximum atomic E-state index is 12.7. The van der Waals surface area contributed by atoms with Crippen molar-refractivity contribution >= 4 is 40.0 Å². The zero-order chi connectivity index (χ0) is 16.7. The van der Waals surface area contributed by atoms with Crippen LogP contribution < -0.4 is 5.32 Å². The van der Waals surface area contributed by atoms with Gasteiger partial charge >= 0.3 is 0 Å². The second-order valence-corrected chi connectivity index (χ2v) is 7.42. The fraction of sp³-hybridized carbons (Fsp3) is 0.389. The molecule has 0 bridgehead atoms. The summed E-state index contributed by atoms with van der Waals surface area (Å²) in [6.45, 7) is 5.96. The molecule has 3 nitrogen and oxygen atoms in total. The van der Waals surface area contributed by atoms with Crippen molar-refractivity contribution in [2.45, 2.75) is 36.6 Å². The van der Waals surface area contributed by atoms with Gasteiger partial charge in [-0.2, -0.15) is 0 Å². The Labute approximate surface area is 146 Å². The molecule has 1 N–H and O–H groups in total. The Bertz CT molecular complexity index is 781. The second kappa shape index (κ2) is 6.21. The highest BCUT2D eigenvalue weighted by atomic mass is 35.5. The zero-order valence-electron chi connectivity index (χ0n) is 13.3. The second-order valence-electron chi connectivity index (χ2n) is 6.34. The van der Waals surface area contributed by atoms with Gasteiger partial charge in [-0.05, 0) is 31.9 Å². The fourth-order valence-electron chi connectivity index (χ4n) is 3.14. The number of aromatic nitrogens is 1. The first-order chi connectivity index (χ1) is 10.9. The quantitative estimate of drug-likeness (QED) is 0.640. The molecular weight excluding hydrogens is 331 g/mol. The molecule has 2 aromatic rings. The summed E-state index contributed by atoms with van der Waals surface area (Å²) in [6.07, 6.45) is 3.11. The minimum absolute atomic E-state index is 0.103. The number of hydrogen-bond acceptors (Lipinski definition) is 1. The van der Waals surface area contributed by atoms with Crippen LogP contribution in [0.2, 0.25) is 0 Å². The Balaban J connectivity index is 1.86. The van der Waals surface area contributed by atoms with Gasteiger partial charge in [0, 0.05) is 30.2 Å². The molecule has 122 valence electrons. The minimum Gasteiger partial charge on any atom is -0.350 e. The molecule has 1 aliphatic rings. The van der Waals surface area contributed by atoms with Crippen LogP contribution in [0.5, 0.6) is 0 Å². The number of fused-ring (bicyclic) bond motifs is 1. The lowest BCUT2D eigenvalue weighted by Crippen LogP contribution is -2.45. The standard InChI is InChI=1S/C18H20Cl2N2O/c1-10-4-5-17-12(6-10)13(9-22(17)3)18(23)21-16-8-14(19)11(2)7-15(16)20/h4-6,9,14-16H,2,7-8H2,1,3H3,(H,21,23). The molecule has 1 aromatic carbocycles. The van der Waals surface area contributed by atoms with Crippen molar-refractivity contribution in [3.05, 3.63) is 47.7 Å². The van der Waals surface area contributed by atoms with Crippen LogP contribution in [0.3, 0.4) is 0 Å². The third kappa shape index (κ3) is 3.13. The van der Waals surface area contributed by atoms with Crippen molar-refractivity contribution in [3.8, 4) is 0 Å². The van der Waals surface area contributed by atoms with E-state index in [9.17, 15) is 4.79 Å². The maximum Gasteiger partial charge on any atom is 0.253 e. The largest absolute Gasteiger partial charge is 0.350 e. The predicted molar refractivity (Wildman–Crippen MR) is 96.6 cm³/mol. The number of carbonyl (C=O) groups excluding carboxylic acids is 1. The Morgan fingerprint density at radius 1 is 1.39 bits per heavy atom. The molecule has 0 aliphatic heterocycles. The summed E-state index contributed by atoms with van der Waals surface area (Å²) in [5.41, 5.74) is 3.78. The number of halogens is 2. The van der Waals surface area contributed by atoms with Gasteiger partial charge in [0.2, 0.25) is 0 Å². The number of nitrogens with zero attached hydrogens (tertiary/aromatic N) is 1. The fourth-order valence-corrected chi connectivity index (χ4v) is 3.79. The monoisotopic (exact) mass is 350 g/mol. The highest BCUT2D eigenvalue weighted by Crippen LogP contribution is 2.31. The third-order valence-electron chi connectivity index (χ3n) is 4.50. The smallest absolute Gasteiger partial charge is 0.253 e. The molecule has 5 heteroatoms. The molecule has 3 rings (SSSR count). The van der Waals surface area contributed by atoms with Crippen LogP contribution in [0.4, 0.5) is 0 Å². The minimum atomic E-state index is -0.168. The average molecular weight is 351 g/mol. The van der Waals surface area contributed by atoms with Crippen LogP contribution in [-0.2, 0) is 7.05 Å². The summed E-state index contributed by atoms with van der Waals surface area (Å²) >= 11 is 12.6. The normalized spacial score (nSPS) is 24.9. The van der Waals surface area contributed by atoms with Gasteiger partial charge in [-0.15, -0.1) is 23.2 Å². The van der Waals surface area contributed by atoms with Gasteiger partial charge < -0.3 is 9.88 Å². The average Bonchev–Trinajstić information content (AvgIpc) is 2.81. The van der Waals surface area contributed by atoms with E-state index in [4.69, 9.17) is 23.2 Å². The molecule has 3 atom stereocenters. The van der Waals surface area contributed by atoms with E-state index in [1.165, 1.54) is 0 Å². The van der Waals surface area contributed by atoms with Crippen molar-refractivity contribution < 1.29 is 4.79 Å². The van der Waals surface area contributed by atoms with Gasteiger partial charge in [0.15, 0.2) is 0 Å². The van der Waals surface area contributed by atoms with Gasteiger partial charge in [0.1, 0.15) is 0 Å². The summed E-state index contributed by atoms with van der Waals surface area (Å²) in [4.78, 5) is 12.7. The van der Waals surface area contributed by atoms with E-state index in [0.29, 0.717) is 18.4 Å². The lowest BCUT2D eigenvalue weighted by Gasteiger charge is -2.32. The molecule has 3 unspecified atom stereocenters. The molecule has 1 heterocycles. The molecule has 1 amide bonds. The number of alkyl halides is 2. The van der Waals surface area contributed by atoms with Crippen molar-refractivity contribution in [2.24, 2.45) is 7.05 Å². The number of aryl methyl sites for hydroxylation is 2. The van der Waals surface area contributed by atoms with E-state index in [1.54, 1.807) is 0 Å². The highest BCUT2D eigenvalue weighted by Gasteiger charge is 2.32. The number of carbonyl (C=O) groups is 1. The van der Waals surface area contributed by atoms with Crippen molar-refractivity contribution in [1.82, 2.24) is 9.88 Å². The Kier molecular flexibility index (Phi) is 4.43.